The predicted molar refractivity (Wildman–Crippen MR) is 129 cm³/mol. The van der Waals surface area contributed by atoms with Crippen LogP contribution in [-0.2, 0) is 0 Å². The number of likely N-dealkylation sites (tertiary alicyclic amines) is 1. The van der Waals surface area contributed by atoms with Crippen LogP contribution in [0.15, 0.2) is 23.3 Å². The van der Waals surface area contributed by atoms with Gasteiger partial charge >= 0.3 is 0 Å². The van der Waals surface area contributed by atoms with E-state index in [0.717, 1.165) is 30.6 Å². The number of hydrogen-bond donors (Lipinski definition) is 2. The Balaban J connectivity index is 1.46. The number of aliphatic hydroxyl groups excluding tert-OH is 2. The van der Waals surface area contributed by atoms with Crippen LogP contribution in [0, 0.1) is 23.2 Å². The van der Waals surface area contributed by atoms with Crippen LogP contribution in [-0.4, -0.2) is 45.9 Å². The van der Waals surface area contributed by atoms with Gasteiger partial charge in [-0.15, -0.1) is 0 Å². The third-order valence-corrected chi connectivity index (χ3v) is 9.63. The molecule has 6 atom stereocenters. The lowest BCUT2D eigenvalue weighted by atomic mass is 9.61. The van der Waals surface area contributed by atoms with E-state index in [4.69, 9.17) is 0 Å². The minimum absolute atomic E-state index is 0.365. The van der Waals surface area contributed by atoms with Crippen molar-refractivity contribution in [2.75, 3.05) is 13.1 Å². The summed E-state index contributed by atoms with van der Waals surface area (Å²) in [5.74, 6) is 2.30. The highest BCUT2D eigenvalue weighted by Gasteiger charge is 2.51. The van der Waals surface area contributed by atoms with Gasteiger partial charge in [0.05, 0.1) is 12.2 Å². The van der Waals surface area contributed by atoms with Crippen LogP contribution in [0.2, 0.25) is 0 Å². The Labute approximate surface area is 191 Å². The highest BCUT2D eigenvalue weighted by molar-refractivity contribution is 5.26. The SMILES string of the molecule is CC(CN1CCCCC1(C)C)[C@H]1CC[C@H]2C(=CC=C3C[C@@H](O)C[C@H](O)C3)CCC[C@]12C. The van der Waals surface area contributed by atoms with E-state index in [-0.39, 0.29) is 12.2 Å². The largest absolute Gasteiger partial charge is 0.393 e. The number of piperidine rings is 1. The van der Waals surface area contributed by atoms with Gasteiger partial charge in [-0.2, -0.15) is 0 Å². The molecule has 0 aromatic carbocycles. The Morgan fingerprint density at radius 1 is 1.00 bits per heavy atom. The average molecular weight is 430 g/mol. The molecule has 3 heteroatoms. The lowest BCUT2D eigenvalue weighted by Crippen LogP contribution is -2.50. The van der Waals surface area contributed by atoms with Gasteiger partial charge in [-0.3, -0.25) is 4.90 Å². The van der Waals surface area contributed by atoms with Gasteiger partial charge in [0.1, 0.15) is 0 Å². The summed E-state index contributed by atoms with van der Waals surface area (Å²) in [6.07, 6.45) is 16.6. The van der Waals surface area contributed by atoms with E-state index in [9.17, 15) is 10.2 Å². The maximum Gasteiger partial charge on any atom is 0.0602 e. The van der Waals surface area contributed by atoms with E-state index in [1.54, 1.807) is 5.57 Å². The quantitative estimate of drug-likeness (QED) is 0.588. The van der Waals surface area contributed by atoms with Gasteiger partial charge in [0, 0.05) is 12.1 Å². The van der Waals surface area contributed by atoms with Gasteiger partial charge in [0.25, 0.3) is 0 Å². The number of rotatable bonds is 4. The molecule has 176 valence electrons. The van der Waals surface area contributed by atoms with Crippen molar-refractivity contribution in [2.24, 2.45) is 23.2 Å². The van der Waals surface area contributed by atoms with Crippen molar-refractivity contribution in [3.05, 3.63) is 23.3 Å². The molecule has 0 aromatic heterocycles. The Kier molecular flexibility index (Phi) is 7.06. The summed E-state index contributed by atoms with van der Waals surface area (Å²) in [5, 5.41) is 20.0. The number of aliphatic hydroxyl groups is 2. The summed E-state index contributed by atoms with van der Waals surface area (Å²) in [4.78, 5) is 2.79. The van der Waals surface area contributed by atoms with Gasteiger partial charge < -0.3 is 10.2 Å². The second-order valence-corrected chi connectivity index (χ2v) is 12.3. The molecule has 3 aliphatic carbocycles. The first-order valence-electron chi connectivity index (χ1n) is 13.2. The number of fused-ring (bicyclic) bond motifs is 1. The molecule has 4 fully saturated rings. The summed E-state index contributed by atoms with van der Waals surface area (Å²) in [5.41, 5.74) is 3.67. The van der Waals surface area contributed by atoms with Crippen molar-refractivity contribution >= 4 is 0 Å². The maximum absolute atomic E-state index is 10.0. The molecule has 0 aromatic rings. The number of allylic oxidation sites excluding steroid dienone is 3. The molecule has 1 heterocycles. The first kappa shape index (κ1) is 23.5. The van der Waals surface area contributed by atoms with Crippen molar-refractivity contribution in [3.8, 4) is 0 Å². The third kappa shape index (κ3) is 4.99. The normalized spacial score (nSPS) is 41.2. The highest BCUT2D eigenvalue weighted by Crippen LogP contribution is 2.59. The van der Waals surface area contributed by atoms with Crippen LogP contribution in [0.25, 0.3) is 0 Å². The molecule has 4 aliphatic rings. The molecule has 2 N–H and O–H groups in total. The minimum atomic E-state index is -0.374. The Morgan fingerprint density at radius 3 is 2.45 bits per heavy atom. The molecule has 0 amide bonds. The molecule has 0 spiro atoms. The molecule has 0 bridgehead atoms. The van der Waals surface area contributed by atoms with Crippen molar-refractivity contribution < 1.29 is 10.2 Å². The monoisotopic (exact) mass is 429 g/mol. The van der Waals surface area contributed by atoms with Gasteiger partial charge in [0.15, 0.2) is 0 Å². The van der Waals surface area contributed by atoms with Crippen molar-refractivity contribution in [1.29, 1.82) is 0 Å². The first-order chi connectivity index (χ1) is 14.7. The lowest BCUT2D eigenvalue weighted by molar-refractivity contribution is 0.0256. The fraction of sp³-hybridized carbons (Fsp3) is 0.857. The average Bonchev–Trinajstić information content (AvgIpc) is 3.05. The molecule has 3 nitrogen and oxygen atoms in total. The standard InChI is InChI=1S/C28H47NO2/c1-20(19-29-15-6-5-13-27(29,2)3)25-11-12-26-22(8-7-14-28(25,26)4)10-9-21-16-23(30)18-24(31)17-21/h9-10,20,23-26,30-31H,5-8,11-19H2,1-4H3/t20?,23-,24-,25-,26+,28-/m1/s1. The minimum Gasteiger partial charge on any atom is -0.393 e. The maximum atomic E-state index is 10.0. The zero-order valence-corrected chi connectivity index (χ0v) is 20.6. The smallest absolute Gasteiger partial charge is 0.0602 e. The van der Waals surface area contributed by atoms with Gasteiger partial charge in [-0.25, -0.2) is 0 Å². The summed E-state index contributed by atoms with van der Waals surface area (Å²) in [6.45, 7) is 12.6. The summed E-state index contributed by atoms with van der Waals surface area (Å²) in [6, 6.07) is 0. The van der Waals surface area contributed by atoms with E-state index >= 15 is 0 Å². The molecular weight excluding hydrogens is 382 g/mol. The number of nitrogens with zero attached hydrogens (tertiary/aromatic N) is 1. The van der Waals surface area contributed by atoms with Crippen LogP contribution in [0.3, 0.4) is 0 Å². The van der Waals surface area contributed by atoms with Crippen LogP contribution in [0.4, 0.5) is 0 Å². The molecule has 0 radical (unpaired) electrons. The van der Waals surface area contributed by atoms with E-state index in [0.29, 0.717) is 17.4 Å². The molecule has 1 aliphatic heterocycles. The van der Waals surface area contributed by atoms with Gasteiger partial charge in [-0.05, 0) is 108 Å². The van der Waals surface area contributed by atoms with Crippen molar-refractivity contribution in [1.82, 2.24) is 4.90 Å². The van der Waals surface area contributed by atoms with E-state index < -0.39 is 0 Å². The van der Waals surface area contributed by atoms with E-state index in [2.05, 4.69) is 44.7 Å². The third-order valence-electron chi connectivity index (χ3n) is 9.63. The molecular formula is C28H47NO2. The summed E-state index contributed by atoms with van der Waals surface area (Å²) >= 11 is 0. The molecule has 1 unspecified atom stereocenters. The zero-order valence-electron chi connectivity index (χ0n) is 20.6. The fourth-order valence-corrected chi connectivity index (χ4v) is 7.88. The molecule has 31 heavy (non-hydrogen) atoms. The topological polar surface area (TPSA) is 43.7 Å². The molecule has 1 saturated heterocycles. The second-order valence-electron chi connectivity index (χ2n) is 12.3. The van der Waals surface area contributed by atoms with E-state index in [1.165, 1.54) is 70.0 Å². The predicted octanol–water partition coefficient (Wildman–Crippen LogP) is 5.86. The van der Waals surface area contributed by atoms with Crippen molar-refractivity contribution in [3.63, 3.8) is 0 Å². The Bertz CT molecular complexity index is 683. The van der Waals surface area contributed by atoms with Gasteiger partial charge in [-0.1, -0.05) is 43.6 Å². The lowest BCUT2D eigenvalue weighted by Gasteiger charge is -2.48. The Hall–Kier alpha value is -0.640. The van der Waals surface area contributed by atoms with Crippen LogP contribution in [0.5, 0.6) is 0 Å². The van der Waals surface area contributed by atoms with Crippen molar-refractivity contribution in [2.45, 2.75) is 116 Å². The first-order valence-corrected chi connectivity index (χ1v) is 13.2. The zero-order chi connectivity index (χ0) is 22.2. The fourth-order valence-electron chi connectivity index (χ4n) is 7.88. The summed E-state index contributed by atoms with van der Waals surface area (Å²) in [7, 11) is 0. The van der Waals surface area contributed by atoms with Crippen LogP contribution < -0.4 is 0 Å². The van der Waals surface area contributed by atoms with Crippen LogP contribution >= 0.6 is 0 Å². The van der Waals surface area contributed by atoms with Gasteiger partial charge in [0.2, 0.25) is 0 Å². The molecule has 4 rings (SSSR count). The summed E-state index contributed by atoms with van der Waals surface area (Å²) < 4.78 is 0. The molecule has 3 saturated carbocycles. The highest BCUT2D eigenvalue weighted by atomic mass is 16.3. The Morgan fingerprint density at radius 2 is 1.74 bits per heavy atom. The number of hydrogen-bond acceptors (Lipinski definition) is 3. The van der Waals surface area contributed by atoms with E-state index in [1.807, 2.05) is 0 Å². The second kappa shape index (κ2) is 9.31. The van der Waals surface area contributed by atoms with Crippen LogP contribution in [0.1, 0.15) is 98.3 Å².